The Morgan fingerprint density at radius 2 is 1.46 bits per heavy atom. The van der Waals surface area contributed by atoms with Crippen LogP contribution in [0.2, 0.25) is 0 Å². The molecule has 0 aliphatic carbocycles. The number of nitrogens with two attached hydrogens (primary N) is 1. The maximum atomic E-state index is 11.1. The zero-order chi connectivity index (χ0) is 18.3. The van der Waals surface area contributed by atoms with Crippen molar-refractivity contribution in [3.63, 3.8) is 0 Å². The first-order valence-corrected chi connectivity index (χ1v) is 7.79. The molecule has 0 fully saturated rings. The van der Waals surface area contributed by atoms with Gasteiger partial charge in [-0.3, -0.25) is 0 Å². The molecule has 0 unspecified atom stereocenters. The number of halogens is 1. The third-order valence-corrected chi connectivity index (χ3v) is 2.93. The van der Waals surface area contributed by atoms with Crippen LogP contribution in [0.15, 0.2) is 13.5 Å². The first-order chi connectivity index (χ1) is 11.3. The number of carbonyl (C=O) groups excluding carboxylic acids is 2. The van der Waals surface area contributed by atoms with Crippen molar-refractivity contribution in [3.05, 3.63) is 27.8 Å². The number of aromatic nitrogens is 2. The number of rotatable bonds is 4. The summed E-state index contributed by atoms with van der Waals surface area (Å²) in [6, 6.07) is 0. The maximum Gasteiger partial charge on any atom is 0.362 e. The van der Waals surface area contributed by atoms with Gasteiger partial charge in [-0.2, -0.15) is 0 Å². The number of ether oxygens (including phenoxy) is 2. The van der Waals surface area contributed by atoms with Crippen molar-refractivity contribution in [2.45, 2.75) is 27.7 Å². The van der Waals surface area contributed by atoms with Gasteiger partial charge in [-0.15, -0.1) is 0 Å². The lowest BCUT2D eigenvalue weighted by molar-refractivity contribution is 0.0509. The second-order valence-electron chi connectivity index (χ2n) is 4.24. The van der Waals surface area contributed by atoms with Crippen molar-refractivity contribution < 1.29 is 27.9 Å². The molecule has 0 spiro atoms. The fourth-order valence-corrected chi connectivity index (χ4v) is 2.00. The minimum absolute atomic E-state index is 0.00551. The van der Waals surface area contributed by atoms with Crippen molar-refractivity contribution in [1.29, 1.82) is 0 Å². The van der Waals surface area contributed by atoms with Gasteiger partial charge in [0.05, 0.1) is 13.2 Å². The van der Waals surface area contributed by atoms with Gasteiger partial charge in [0, 0.05) is 13.8 Å². The summed E-state index contributed by atoms with van der Waals surface area (Å²) in [6.45, 7) is 7.34. The second kappa shape index (κ2) is 9.06. The maximum absolute atomic E-state index is 11.1. The van der Waals surface area contributed by atoms with Crippen LogP contribution in [0.5, 0.6) is 0 Å². The van der Waals surface area contributed by atoms with Crippen molar-refractivity contribution in [3.8, 4) is 0 Å². The Morgan fingerprint density at radius 3 is 1.83 bits per heavy atom. The number of anilines is 1. The average molecular weight is 404 g/mol. The van der Waals surface area contributed by atoms with Gasteiger partial charge >= 0.3 is 11.9 Å². The van der Waals surface area contributed by atoms with Crippen molar-refractivity contribution in [2.24, 2.45) is 0 Å². The van der Waals surface area contributed by atoms with Gasteiger partial charge in [0.2, 0.25) is 21.9 Å². The molecule has 2 rings (SSSR count). The highest BCUT2D eigenvalue weighted by Crippen LogP contribution is 2.18. The standard InChI is InChI=1S/C7H8BrNO3.C7H10N2O3/c2*1-3-11-7(10)5-6(8)12-4(2)9-5/h3H2,1-2H3;3,8H2,1-2H3. The summed E-state index contributed by atoms with van der Waals surface area (Å²) in [6.07, 6.45) is 0. The highest BCUT2D eigenvalue weighted by molar-refractivity contribution is 9.10. The summed E-state index contributed by atoms with van der Waals surface area (Å²) < 4.78 is 19.6. The van der Waals surface area contributed by atoms with Crippen LogP contribution in [0, 0.1) is 13.8 Å². The van der Waals surface area contributed by atoms with Gasteiger partial charge in [-0.25, -0.2) is 19.6 Å². The second-order valence-corrected chi connectivity index (χ2v) is 4.96. The molecule has 24 heavy (non-hydrogen) atoms. The highest BCUT2D eigenvalue weighted by Gasteiger charge is 2.17. The Bertz CT molecular complexity index is 649. The topological polar surface area (TPSA) is 131 Å². The summed E-state index contributed by atoms with van der Waals surface area (Å²) in [5.41, 5.74) is 5.58. The SMILES string of the molecule is CCOC(=O)c1nc(C)oc1Br.CCOC(=O)c1nc(C)oc1N. The van der Waals surface area contributed by atoms with Crippen molar-refractivity contribution >= 4 is 33.8 Å². The molecular weight excluding hydrogens is 386 g/mol. The molecule has 2 N–H and O–H groups in total. The smallest absolute Gasteiger partial charge is 0.362 e. The number of hydrogen-bond acceptors (Lipinski definition) is 9. The summed E-state index contributed by atoms with van der Waals surface area (Å²) in [5, 5.41) is 0. The Balaban J connectivity index is 0.000000240. The molecule has 2 aromatic rings. The lowest BCUT2D eigenvalue weighted by Gasteiger charge is -1.96. The van der Waals surface area contributed by atoms with E-state index in [4.69, 9.17) is 19.3 Å². The van der Waals surface area contributed by atoms with Gasteiger partial charge < -0.3 is 24.0 Å². The predicted molar refractivity (Wildman–Crippen MR) is 86.5 cm³/mol. The molecule has 0 aromatic carbocycles. The number of oxazole rings is 2. The van der Waals surface area contributed by atoms with E-state index in [0.717, 1.165) is 0 Å². The zero-order valence-electron chi connectivity index (χ0n) is 13.7. The van der Waals surface area contributed by atoms with Crippen LogP contribution in [-0.4, -0.2) is 35.1 Å². The van der Waals surface area contributed by atoms with E-state index in [1.165, 1.54) is 0 Å². The number of aryl methyl sites for hydroxylation is 2. The van der Waals surface area contributed by atoms with Crippen molar-refractivity contribution in [2.75, 3.05) is 18.9 Å². The van der Waals surface area contributed by atoms with Crippen molar-refractivity contribution in [1.82, 2.24) is 9.97 Å². The van der Waals surface area contributed by atoms with E-state index in [0.29, 0.717) is 29.7 Å². The number of carbonyl (C=O) groups is 2. The normalized spacial score (nSPS) is 9.88. The molecule has 0 saturated heterocycles. The predicted octanol–water partition coefficient (Wildman–Crippen LogP) is 2.66. The summed E-state index contributed by atoms with van der Waals surface area (Å²) in [7, 11) is 0. The highest BCUT2D eigenvalue weighted by atomic mass is 79.9. The van der Waals surface area contributed by atoms with E-state index in [1.54, 1.807) is 27.7 Å². The molecular formula is C14H18BrN3O6. The number of esters is 2. The summed E-state index contributed by atoms with van der Waals surface area (Å²) >= 11 is 3.06. The molecule has 10 heteroatoms. The van der Waals surface area contributed by atoms with Gasteiger partial charge in [0.25, 0.3) is 0 Å². The molecule has 0 atom stereocenters. The van der Waals surface area contributed by atoms with Crippen LogP contribution < -0.4 is 5.73 Å². The van der Waals surface area contributed by atoms with E-state index < -0.39 is 11.9 Å². The molecule has 2 aromatic heterocycles. The molecule has 9 nitrogen and oxygen atoms in total. The van der Waals surface area contributed by atoms with E-state index in [2.05, 4.69) is 30.6 Å². The van der Waals surface area contributed by atoms with Gasteiger partial charge in [0.15, 0.2) is 11.8 Å². The number of nitrogens with zero attached hydrogens (tertiary/aromatic N) is 2. The minimum atomic E-state index is -0.549. The Kier molecular flexibility index (Phi) is 7.43. The number of hydrogen-bond donors (Lipinski definition) is 1. The van der Waals surface area contributed by atoms with Crippen LogP contribution in [0.1, 0.15) is 46.6 Å². The first kappa shape index (κ1) is 19.7. The Morgan fingerprint density at radius 1 is 1.00 bits per heavy atom. The van der Waals surface area contributed by atoms with Crippen LogP contribution >= 0.6 is 15.9 Å². The molecule has 0 radical (unpaired) electrons. The lowest BCUT2D eigenvalue weighted by Crippen LogP contribution is -2.07. The van der Waals surface area contributed by atoms with Crippen LogP contribution in [-0.2, 0) is 9.47 Å². The lowest BCUT2D eigenvalue weighted by atomic mass is 10.4. The van der Waals surface area contributed by atoms with E-state index >= 15 is 0 Å². The molecule has 0 aliphatic rings. The van der Waals surface area contributed by atoms with Crippen LogP contribution in [0.4, 0.5) is 5.88 Å². The Hall–Kier alpha value is -2.36. The van der Waals surface area contributed by atoms with E-state index in [9.17, 15) is 9.59 Å². The molecule has 132 valence electrons. The third-order valence-electron chi connectivity index (χ3n) is 2.39. The molecule has 0 amide bonds. The Labute approximate surface area is 146 Å². The summed E-state index contributed by atoms with van der Waals surface area (Å²) in [5.74, 6) is -0.223. The molecule has 0 aliphatic heterocycles. The van der Waals surface area contributed by atoms with Gasteiger partial charge in [0.1, 0.15) is 0 Å². The minimum Gasteiger partial charge on any atom is -0.461 e. The van der Waals surface area contributed by atoms with Gasteiger partial charge in [-0.1, -0.05) is 0 Å². The van der Waals surface area contributed by atoms with Crippen LogP contribution in [0.3, 0.4) is 0 Å². The fraction of sp³-hybridized carbons (Fsp3) is 0.429. The van der Waals surface area contributed by atoms with Crippen LogP contribution in [0.25, 0.3) is 0 Å². The molecule has 0 bridgehead atoms. The fourth-order valence-electron chi connectivity index (χ4n) is 1.52. The zero-order valence-corrected chi connectivity index (χ0v) is 15.3. The van der Waals surface area contributed by atoms with Gasteiger partial charge in [-0.05, 0) is 29.8 Å². The first-order valence-electron chi connectivity index (χ1n) is 7.00. The van der Waals surface area contributed by atoms with E-state index in [1.807, 2.05) is 0 Å². The molecule has 2 heterocycles. The largest absolute Gasteiger partial charge is 0.461 e. The molecule has 0 saturated carbocycles. The van der Waals surface area contributed by atoms with E-state index in [-0.39, 0.29) is 17.3 Å². The number of nitrogen functional groups attached to an aromatic ring is 1. The quantitative estimate of drug-likeness (QED) is 0.764. The third kappa shape index (κ3) is 5.37. The average Bonchev–Trinajstić information content (AvgIpc) is 3.01. The monoisotopic (exact) mass is 403 g/mol. The summed E-state index contributed by atoms with van der Waals surface area (Å²) in [4.78, 5) is 29.8.